The van der Waals surface area contributed by atoms with Crippen molar-refractivity contribution in [1.29, 1.82) is 0 Å². The average Bonchev–Trinajstić information content (AvgIpc) is 3.57. The number of aliphatic imine (C=N–C) groups is 1. The minimum Gasteiger partial charge on any atom is -0.489 e. The molecule has 8 heteroatoms. The summed E-state index contributed by atoms with van der Waals surface area (Å²) in [6.07, 6.45) is 7.38. The molecule has 1 amide bonds. The van der Waals surface area contributed by atoms with Crippen LogP contribution in [0.25, 0.3) is 23.0 Å². The summed E-state index contributed by atoms with van der Waals surface area (Å²) in [7, 11) is 0. The van der Waals surface area contributed by atoms with Crippen molar-refractivity contribution in [2.24, 2.45) is 4.99 Å². The van der Waals surface area contributed by atoms with Crippen molar-refractivity contribution in [3.63, 3.8) is 0 Å². The number of nitrogens with zero attached hydrogens (tertiary/aromatic N) is 4. The molecule has 1 aromatic heterocycles. The zero-order chi connectivity index (χ0) is 26.6. The number of hydrogen-bond donors (Lipinski definition) is 0. The normalized spacial score (nSPS) is 16.5. The predicted octanol–water partition coefficient (Wildman–Crippen LogP) is 7.23. The molecule has 0 atom stereocenters. The number of ether oxygens (including phenoxy) is 1. The molecular weight excluding hydrogens is 528 g/mol. The molecule has 0 saturated carbocycles. The van der Waals surface area contributed by atoms with Gasteiger partial charge in [0, 0.05) is 35.4 Å². The number of carbonyl (C=O) groups is 1. The predicted molar refractivity (Wildman–Crippen MR) is 158 cm³/mol. The van der Waals surface area contributed by atoms with Crippen molar-refractivity contribution in [1.82, 2.24) is 14.7 Å². The Kier molecular flexibility index (Phi) is 7.52. The van der Waals surface area contributed by atoms with E-state index in [1.54, 1.807) is 0 Å². The number of amidine groups is 1. The maximum atomic E-state index is 12.9. The van der Waals surface area contributed by atoms with Crippen molar-refractivity contribution >= 4 is 40.5 Å². The van der Waals surface area contributed by atoms with E-state index >= 15 is 0 Å². The smallest absolute Gasteiger partial charge is 0.286 e. The molecule has 6 rings (SSSR count). The Hall–Kier alpha value is -3.81. The Labute approximate surface area is 237 Å². The van der Waals surface area contributed by atoms with E-state index in [4.69, 9.17) is 21.4 Å². The summed E-state index contributed by atoms with van der Waals surface area (Å²) >= 11 is 7.46. The number of halogens is 1. The number of rotatable bonds is 6. The van der Waals surface area contributed by atoms with E-state index in [-0.39, 0.29) is 5.91 Å². The second-order valence-electron chi connectivity index (χ2n) is 9.51. The largest absolute Gasteiger partial charge is 0.489 e. The van der Waals surface area contributed by atoms with Crippen molar-refractivity contribution in [2.75, 3.05) is 13.1 Å². The van der Waals surface area contributed by atoms with Crippen molar-refractivity contribution < 1.29 is 9.53 Å². The number of aromatic nitrogens is 2. The maximum Gasteiger partial charge on any atom is 0.286 e. The van der Waals surface area contributed by atoms with Gasteiger partial charge >= 0.3 is 0 Å². The van der Waals surface area contributed by atoms with E-state index in [0.717, 1.165) is 64.9 Å². The summed E-state index contributed by atoms with van der Waals surface area (Å²) < 4.78 is 7.93. The zero-order valence-electron chi connectivity index (χ0n) is 21.3. The van der Waals surface area contributed by atoms with E-state index in [1.807, 2.05) is 95.8 Å². The molecule has 0 unspecified atom stereocenters. The fourth-order valence-electron chi connectivity index (χ4n) is 4.67. The van der Waals surface area contributed by atoms with Gasteiger partial charge in [0.2, 0.25) is 0 Å². The van der Waals surface area contributed by atoms with Crippen LogP contribution in [-0.2, 0) is 11.4 Å². The molecule has 2 aliphatic heterocycles. The van der Waals surface area contributed by atoms with Crippen LogP contribution in [0.4, 0.5) is 0 Å². The molecule has 0 N–H and O–H groups in total. The Morgan fingerprint density at radius 2 is 1.74 bits per heavy atom. The molecule has 1 saturated heterocycles. The van der Waals surface area contributed by atoms with Gasteiger partial charge in [0.05, 0.1) is 10.6 Å². The summed E-state index contributed by atoms with van der Waals surface area (Å²) in [6, 6.07) is 25.4. The zero-order valence-corrected chi connectivity index (χ0v) is 22.9. The number of carbonyl (C=O) groups excluding carboxylic acids is 1. The highest BCUT2D eigenvalue weighted by Gasteiger charge is 2.27. The number of piperidine rings is 1. The average molecular weight is 555 g/mol. The quantitative estimate of drug-likeness (QED) is 0.235. The standard InChI is InChI=1S/C31H27ClN4O2S/c32-25-14-12-22(13-15-25)21-38-27-11-7-8-23(18-27)29-24(20-36(34-29)26-9-3-1-4-10-26)19-28-30(37)33-31(39-28)35-16-5-2-6-17-35/h1,3-4,7-15,18-20H,2,5-6,16-17,21H2. The van der Waals surface area contributed by atoms with Gasteiger partial charge in [-0.15, -0.1) is 0 Å². The molecule has 2 aliphatic rings. The van der Waals surface area contributed by atoms with E-state index in [2.05, 4.69) is 9.89 Å². The monoisotopic (exact) mass is 554 g/mol. The summed E-state index contributed by atoms with van der Waals surface area (Å²) in [5.41, 5.74) is 4.49. The number of hydrogen-bond acceptors (Lipinski definition) is 5. The van der Waals surface area contributed by atoms with Crippen LogP contribution in [-0.4, -0.2) is 38.8 Å². The lowest BCUT2D eigenvalue weighted by Gasteiger charge is -2.27. The maximum absolute atomic E-state index is 12.9. The third-order valence-corrected chi connectivity index (χ3v) is 8.01. The summed E-state index contributed by atoms with van der Waals surface area (Å²) in [6.45, 7) is 2.33. The van der Waals surface area contributed by atoms with Gasteiger partial charge in [-0.1, -0.05) is 54.1 Å². The van der Waals surface area contributed by atoms with E-state index in [0.29, 0.717) is 16.5 Å². The molecule has 39 heavy (non-hydrogen) atoms. The van der Waals surface area contributed by atoms with Gasteiger partial charge in [0.15, 0.2) is 5.17 Å². The second kappa shape index (κ2) is 11.5. The first-order valence-electron chi connectivity index (χ1n) is 13.0. The first-order valence-corrected chi connectivity index (χ1v) is 14.2. The fraction of sp³-hybridized carbons (Fsp3) is 0.194. The lowest BCUT2D eigenvalue weighted by molar-refractivity contribution is -0.113. The van der Waals surface area contributed by atoms with Crippen LogP contribution < -0.4 is 4.74 Å². The first-order chi connectivity index (χ1) is 19.1. The second-order valence-corrected chi connectivity index (χ2v) is 11.0. The highest BCUT2D eigenvalue weighted by molar-refractivity contribution is 8.18. The van der Waals surface area contributed by atoms with Gasteiger partial charge in [-0.2, -0.15) is 10.1 Å². The van der Waals surface area contributed by atoms with Crippen molar-refractivity contribution in [3.8, 4) is 22.7 Å². The van der Waals surface area contributed by atoms with Gasteiger partial charge in [-0.05, 0) is 79.1 Å². The molecule has 1 fully saturated rings. The Morgan fingerprint density at radius 1 is 0.949 bits per heavy atom. The molecule has 6 nitrogen and oxygen atoms in total. The third-order valence-electron chi connectivity index (χ3n) is 6.71. The van der Waals surface area contributed by atoms with Gasteiger partial charge in [0.1, 0.15) is 18.1 Å². The summed E-state index contributed by atoms with van der Waals surface area (Å²) in [5, 5.41) is 6.43. The Balaban J connectivity index is 1.30. The Bertz CT molecular complexity index is 1540. The van der Waals surface area contributed by atoms with Crippen LogP contribution in [0.1, 0.15) is 30.4 Å². The molecule has 0 radical (unpaired) electrons. The van der Waals surface area contributed by atoms with E-state index < -0.39 is 0 Å². The van der Waals surface area contributed by atoms with Crippen LogP contribution in [0.15, 0.2) is 95.0 Å². The molecule has 3 heterocycles. The third kappa shape index (κ3) is 5.95. The van der Waals surface area contributed by atoms with Gasteiger partial charge < -0.3 is 9.64 Å². The van der Waals surface area contributed by atoms with Crippen LogP contribution in [0.5, 0.6) is 5.75 Å². The highest BCUT2D eigenvalue weighted by Crippen LogP contribution is 2.34. The number of benzene rings is 3. The topological polar surface area (TPSA) is 59.7 Å². The van der Waals surface area contributed by atoms with Gasteiger partial charge in [-0.3, -0.25) is 4.79 Å². The SMILES string of the molecule is O=C1N=C(N2CCCCC2)SC1=Cc1cn(-c2ccccc2)nc1-c1cccc(OCc2ccc(Cl)cc2)c1. The minimum absolute atomic E-state index is 0.195. The van der Waals surface area contributed by atoms with Crippen LogP contribution in [0.2, 0.25) is 5.02 Å². The van der Waals surface area contributed by atoms with Crippen LogP contribution in [0.3, 0.4) is 0 Å². The first kappa shape index (κ1) is 25.5. The minimum atomic E-state index is -0.195. The van der Waals surface area contributed by atoms with Crippen LogP contribution in [0, 0.1) is 0 Å². The lowest BCUT2D eigenvalue weighted by atomic mass is 10.1. The molecular formula is C31H27ClN4O2S. The van der Waals surface area contributed by atoms with Crippen molar-refractivity contribution in [3.05, 3.63) is 106 Å². The summed E-state index contributed by atoms with van der Waals surface area (Å²) in [5.74, 6) is 0.538. The number of thioether (sulfide) groups is 1. The Morgan fingerprint density at radius 3 is 2.54 bits per heavy atom. The fourth-order valence-corrected chi connectivity index (χ4v) is 5.75. The molecule has 3 aromatic carbocycles. The number of likely N-dealkylation sites (tertiary alicyclic amines) is 1. The molecule has 4 aromatic rings. The van der Waals surface area contributed by atoms with E-state index in [1.165, 1.54) is 18.2 Å². The summed E-state index contributed by atoms with van der Waals surface area (Å²) in [4.78, 5) is 20.1. The van der Waals surface area contributed by atoms with Crippen LogP contribution >= 0.6 is 23.4 Å². The number of amides is 1. The van der Waals surface area contributed by atoms with Gasteiger partial charge in [-0.25, -0.2) is 4.68 Å². The number of para-hydroxylation sites is 1. The van der Waals surface area contributed by atoms with Gasteiger partial charge in [0.25, 0.3) is 5.91 Å². The highest BCUT2D eigenvalue weighted by atomic mass is 35.5. The molecule has 196 valence electrons. The van der Waals surface area contributed by atoms with Crippen molar-refractivity contribution in [2.45, 2.75) is 25.9 Å². The van der Waals surface area contributed by atoms with E-state index in [9.17, 15) is 4.79 Å². The molecule has 0 aliphatic carbocycles. The molecule has 0 bridgehead atoms. The lowest BCUT2D eigenvalue weighted by Crippen LogP contribution is -2.33. The molecule has 0 spiro atoms.